The molecule has 0 aliphatic heterocycles. The van der Waals surface area contributed by atoms with E-state index in [0.717, 1.165) is 29.1 Å². The Kier molecular flexibility index (Phi) is 5.15. The van der Waals surface area contributed by atoms with Gasteiger partial charge in [-0.1, -0.05) is 41.1 Å². The van der Waals surface area contributed by atoms with E-state index in [1.165, 1.54) is 5.56 Å². The molecule has 0 spiro atoms. The van der Waals surface area contributed by atoms with Crippen molar-refractivity contribution >= 4 is 27.6 Å². The van der Waals surface area contributed by atoms with E-state index in [0.29, 0.717) is 6.54 Å². The Balaban J connectivity index is 1.98. The van der Waals surface area contributed by atoms with Crippen LogP contribution in [0.4, 0.5) is 11.6 Å². The average Bonchev–Trinajstić information content (AvgIpc) is 2.45. The van der Waals surface area contributed by atoms with Gasteiger partial charge in [-0.15, -0.1) is 0 Å². The molecule has 0 fully saturated rings. The first-order valence-corrected chi connectivity index (χ1v) is 7.12. The summed E-state index contributed by atoms with van der Waals surface area (Å²) >= 11 is 3.53. The maximum absolute atomic E-state index is 4.45. The molecule has 1 heterocycles. The molecular formula is C14H17BrN4. The van der Waals surface area contributed by atoms with Crippen molar-refractivity contribution in [2.45, 2.75) is 19.9 Å². The Morgan fingerprint density at radius 1 is 1.11 bits per heavy atom. The van der Waals surface area contributed by atoms with Gasteiger partial charge in [-0.25, -0.2) is 4.98 Å². The molecule has 1 aromatic heterocycles. The van der Waals surface area contributed by atoms with Gasteiger partial charge in [-0.2, -0.15) is 0 Å². The monoisotopic (exact) mass is 320 g/mol. The molecule has 0 aliphatic carbocycles. The second kappa shape index (κ2) is 7.09. The second-order valence-corrected chi connectivity index (χ2v) is 5.02. The summed E-state index contributed by atoms with van der Waals surface area (Å²) in [6.45, 7) is 3.74. The van der Waals surface area contributed by atoms with Gasteiger partial charge in [-0.3, -0.25) is 4.98 Å². The Bertz CT molecular complexity index is 530. The maximum atomic E-state index is 4.45. The number of halogens is 1. The molecule has 0 aliphatic rings. The summed E-state index contributed by atoms with van der Waals surface area (Å²) < 4.78 is 1.09. The Hall–Kier alpha value is -1.62. The second-order valence-electron chi connectivity index (χ2n) is 4.16. The molecule has 0 saturated heterocycles. The zero-order valence-electron chi connectivity index (χ0n) is 10.9. The van der Waals surface area contributed by atoms with E-state index in [1.54, 1.807) is 12.4 Å². The fourth-order valence-electron chi connectivity index (χ4n) is 1.62. The minimum atomic E-state index is 0.716. The lowest BCUT2D eigenvalue weighted by molar-refractivity contribution is 0.962. The first-order chi connectivity index (χ1) is 9.29. The van der Waals surface area contributed by atoms with Crippen LogP contribution in [-0.4, -0.2) is 16.5 Å². The normalized spacial score (nSPS) is 10.2. The van der Waals surface area contributed by atoms with Crippen LogP contribution >= 0.6 is 15.9 Å². The van der Waals surface area contributed by atoms with Crippen molar-refractivity contribution in [1.29, 1.82) is 0 Å². The van der Waals surface area contributed by atoms with Crippen molar-refractivity contribution in [2.24, 2.45) is 0 Å². The molecule has 0 radical (unpaired) electrons. The van der Waals surface area contributed by atoms with E-state index in [4.69, 9.17) is 0 Å². The first-order valence-electron chi connectivity index (χ1n) is 6.33. The highest BCUT2D eigenvalue weighted by atomic mass is 79.9. The number of nitrogens with one attached hydrogen (secondary N) is 2. The van der Waals surface area contributed by atoms with Gasteiger partial charge in [0.2, 0.25) is 0 Å². The number of hydrogen-bond acceptors (Lipinski definition) is 4. The number of aromatic nitrogens is 2. The van der Waals surface area contributed by atoms with E-state index in [1.807, 2.05) is 18.2 Å². The van der Waals surface area contributed by atoms with Crippen LogP contribution in [0.5, 0.6) is 0 Å². The van der Waals surface area contributed by atoms with Crippen LogP contribution in [0.3, 0.4) is 0 Å². The van der Waals surface area contributed by atoms with Crippen molar-refractivity contribution in [3.05, 3.63) is 46.7 Å². The van der Waals surface area contributed by atoms with Crippen LogP contribution in [-0.2, 0) is 6.54 Å². The summed E-state index contributed by atoms with van der Waals surface area (Å²) in [5.74, 6) is 1.58. The van der Waals surface area contributed by atoms with Gasteiger partial charge in [0.1, 0.15) is 11.6 Å². The van der Waals surface area contributed by atoms with Gasteiger partial charge < -0.3 is 10.6 Å². The van der Waals surface area contributed by atoms with Crippen molar-refractivity contribution in [2.75, 3.05) is 17.2 Å². The van der Waals surface area contributed by atoms with Crippen LogP contribution in [0, 0.1) is 0 Å². The molecule has 4 nitrogen and oxygen atoms in total. The predicted octanol–water partition coefficient (Wildman–Crippen LogP) is 3.67. The van der Waals surface area contributed by atoms with E-state index in [9.17, 15) is 0 Å². The van der Waals surface area contributed by atoms with Crippen LogP contribution in [0.1, 0.15) is 18.9 Å². The molecule has 19 heavy (non-hydrogen) atoms. The van der Waals surface area contributed by atoms with Crippen LogP contribution in [0.2, 0.25) is 0 Å². The summed E-state index contributed by atoms with van der Waals surface area (Å²) in [5, 5.41) is 6.50. The molecule has 0 atom stereocenters. The standard InChI is InChI=1S/C14H17BrN4/c1-2-7-17-13-9-16-10-14(19-13)18-8-11-5-3-4-6-12(11)15/h3-6,9-10H,2,7-8H2,1H3,(H2,17,18,19). The summed E-state index contributed by atoms with van der Waals surface area (Å²) in [6.07, 6.45) is 4.53. The molecule has 0 bridgehead atoms. The molecule has 2 rings (SSSR count). The third kappa shape index (κ3) is 4.21. The van der Waals surface area contributed by atoms with Gasteiger partial charge >= 0.3 is 0 Å². The van der Waals surface area contributed by atoms with Gasteiger partial charge in [0.15, 0.2) is 0 Å². The molecule has 2 aromatic rings. The smallest absolute Gasteiger partial charge is 0.147 e. The van der Waals surface area contributed by atoms with Crippen LogP contribution in [0.15, 0.2) is 41.1 Å². The van der Waals surface area contributed by atoms with Gasteiger partial charge in [0.05, 0.1) is 12.4 Å². The Morgan fingerprint density at radius 2 is 1.84 bits per heavy atom. The number of nitrogens with zero attached hydrogens (tertiary/aromatic N) is 2. The van der Waals surface area contributed by atoms with Crippen LogP contribution in [0.25, 0.3) is 0 Å². The van der Waals surface area contributed by atoms with E-state index in [2.05, 4.69) is 49.5 Å². The number of rotatable bonds is 6. The molecule has 0 amide bonds. The van der Waals surface area contributed by atoms with Gasteiger partial charge in [0, 0.05) is 17.6 Å². The SMILES string of the molecule is CCCNc1cncc(NCc2ccccc2Br)n1. The van der Waals surface area contributed by atoms with E-state index >= 15 is 0 Å². The van der Waals surface area contributed by atoms with E-state index < -0.39 is 0 Å². The molecule has 100 valence electrons. The molecule has 0 saturated carbocycles. The van der Waals surface area contributed by atoms with Crippen molar-refractivity contribution in [3.63, 3.8) is 0 Å². The maximum Gasteiger partial charge on any atom is 0.147 e. The lowest BCUT2D eigenvalue weighted by Gasteiger charge is -2.09. The molecule has 0 unspecified atom stereocenters. The fourth-order valence-corrected chi connectivity index (χ4v) is 2.04. The minimum absolute atomic E-state index is 0.716. The lowest BCUT2D eigenvalue weighted by Crippen LogP contribution is -2.06. The molecule has 1 aromatic carbocycles. The third-order valence-corrected chi connectivity index (χ3v) is 3.38. The lowest BCUT2D eigenvalue weighted by atomic mass is 10.2. The number of anilines is 2. The van der Waals surface area contributed by atoms with Crippen molar-refractivity contribution in [1.82, 2.24) is 9.97 Å². The van der Waals surface area contributed by atoms with Crippen LogP contribution < -0.4 is 10.6 Å². The minimum Gasteiger partial charge on any atom is -0.369 e. The summed E-state index contributed by atoms with van der Waals surface area (Å²) in [6, 6.07) is 8.13. The summed E-state index contributed by atoms with van der Waals surface area (Å²) in [4.78, 5) is 8.63. The zero-order valence-corrected chi connectivity index (χ0v) is 12.4. The van der Waals surface area contributed by atoms with Crippen molar-refractivity contribution < 1.29 is 0 Å². The molecule has 2 N–H and O–H groups in total. The quantitative estimate of drug-likeness (QED) is 0.852. The highest BCUT2D eigenvalue weighted by Gasteiger charge is 2.01. The van der Waals surface area contributed by atoms with Gasteiger partial charge in [-0.05, 0) is 18.1 Å². The molecular weight excluding hydrogens is 304 g/mol. The fraction of sp³-hybridized carbons (Fsp3) is 0.286. The molecule has 5 heteroatoms. The van der Waals surface area contributed by atoms with Gasteiger partial charge in [0.25, 0.3) is 0 Å². The Morgan fingerprint density at radius 3 is 2.58 bits per heavy atom. The zero-order chi connectivity index (χ0) is 13.5. The number of benzene rings is 1. The summed E-state index contributed by atoms with van der Waals surface area (Å²) in [7, 11) is 0. The highest BCUT2D eigenvalue weighted by Crippen LogP contribution is 2.17. The predicted molar refractivity (Wildman–Crippen MR) is 82.3 cm³/mol. The van der Waals surface area contributed by atoms with Crippen molar-refractivity contribution in [3.8, 4) is 0 Å². The van der Waals surface area contributed by atoms with E-state index in [-0.39, 0.29) is 0 Å². The summed E-state index contributed by atoms with van der Waals surface area (Å²) in [5.41, 5.74) is 1.19. The Labute approximate surface area is 121 Å². The average molecular weight is 321 g/mol. The highest BCUT2D eigenvalue weighted by molar-refractivity contribution is 9.10. The third-order valence-electron chi connectivity index (χ3n) is 2.61. The first kappa shape index (κ1) is 13.8. The topological polar surface area (TPSA) is 49.8 Å². The number of hydrogen-bond donors (Lipinski definition) is 2. The largest absolute Gasteiger partial charge is 0.369 e.